The molecule has 0 radical (unpaired) electrons. The Kier molecular flexibility index (Phi) is 9.46. The van der Waals surface area contributed by atoms with E-state index in [4.69, 9.17) is 9.47 Å². The first-order valence-electron chi connectivity index (χ1n) is 14.7. The summed E-state index contributed by atoms with van der Waals surface area (Å²) in [6, 6.07) is 15.2. The fourth-order valence-corrected chi connectivity index (χ4v) is 5.71. The molecule has 2 aliphatic heterocycles. The molecule has 232 valence electrons. The Hall–Kier alpha value is -4.47. The fourth-order valence-electron chi connectivity index (χ4n) is 5.71. The van der Waals surface area contributed by atoms with E-state index in [1.54, 1.807) is 37.6 Å². The number of benzene rings is 2. The third-order valence-electron chi connectivity index (χ3n) is 8.04. The number of amides is 1. The fraction of sp³-hybridized carbons (Fsp3) is 0.438. The van der Waals surface area contributed by atoms with E-state index in [9.17, 15) is 19.6 Å². The van der Waals surface area contributed by atoms with Gasteiger partial charge >= 0.3 is 0 Å². The van der Waals surface area contributed by atoms with Crippen molar-refractivity contribution in [3.63, 3.8) is 0 Å². The molecule has 0 bridgehead atoms. The molecule has 5 rings (SSSR count). The molecule has 2 N–H and O–H groups in total. The number of piperazine rings is 1. The van der Waals surface area contributed by atoms with Gasteiger partial charge in [0.2, 0.25) is 0 Å². The highest BCUT2D eigenvalue weighted by atomic mass is 19.1. The minimum absolute atomic E-state index is 0.175. The minimum Gasteiger partial charge on any atom is -0.495 e. The van der Waals surface area contributed by atoms with E-state index in [1.807, 2.05) is 12.1 Å². The molecule has 0 saturated carbocycles. The standard InChI is InChI=1S/C32H38FN7O4/c1-20-18-38(3)13-14-40(20)26-7-6-24(16-29(26)43-4)36-30-9-11-35-31(37-30)22-5-8-27(23(15-22)17-34)44-28-10-12-39(19-25(28)33)32(42)21(2)41/h5-9,11,15-16,20-21,25,28,41H,10,12-14,18-19H2,1-4H3,(H,35,36,37)/t20-,21-,25+,28-/m0/s1. The average molecular weight is 604 g/mol. The molecular formula is C32H38FN7O4. The molecule has 2 saturated heterocycles. The van der Waals surface area contributed by atoms with Crippen LogP contribution in [0.4, 0.5) is 21.6 Å². The maximum Gasteiger partial charge on any atom is 0.251 e. The Morgan fingerprint density at radius 3 is 2.68 bits per heavy atom. The summed E-state index contributed by atoms with van der Waals surface area (Å²) in [5.41, 5.74) is 2.67. The number of aliphatic hydroxyl groups excluding tert-OH is 1. The van der Waals surface area contributed by atoms with E-state index in [2.05, 4.69) is 51.2 Å². The molecule has 2 aromatic carbocycles. The van der Waals surface area contributed by atoms with Crippen LogP contribution in [-0.4, -0.2) is 102 Å². The molecule has 2 fully saturated rings. The summed E-state index contributed by atoms with van der Waals surface area (Å²) >= 11 is 0. The van der Waals surface area contributed by atoms with Gasteiger partial charge in [0.15, 0.2) is 12.0 Å². The number of anilines is 3. The van der Waals surface area contributed by atoms with E-state index < -0.39 is 24.3 Å². The number of nitrogens with one attached hydrogen (secondary N) is 1. The second-order valence-corrected chi connectivity index (χ2v) is 11.3. The largest absolute Gasteiger partial charge is 0.495 e. The predicted octanol–water partition coefficient (Wildman–Crippen LogP) is 3.61. The molecule has 3 aromatic rings. The zero-order valence-electron chi connectivity index (χ0n) is 25.4. The van der Waals surface area contributed by atoms with E-state index >= 15 is 0 Å². The summed E-state index contributed by atoms with van der Waals surface area (Å²) in [6.45, 7) is 6.54. The van der Waals surface area contributed by atoms with Gasteiger partial charge < -0.3 is 34.6 Å². The molecule has 11 nitrogen and oxygen atoms in total. The van der Waals surface area contributed by atoms with Crippen LogP contribution in [0.25, 0.3) is 11.4 Å². The lowest BCUT2D eigenvalue weighted by molar-refractivity contribution is -0.143. The van der Waals surface area contributed by atoms with Gasteiger partial charge in [-0.3, -0.25) is 4.79 Å². The molecule has 0 aliphatic carbocycles. The first-order chi connectivity index (χ1) is 21.2. The Bertz CT molecular complexity index is 1530. The van der Waals surface area contributed by atoms with Crippen LogP contribution in [0.3, 0.4) is 0 Å². The summed E-state index contributed by atoms with van der Waals surface area (Å²) < 4.78 is 26.5. The van der Waals surface area contributed by atoms with Crippen LogP contribution in [0.1, 0.15) is 25.8 Å². The van der Waals surface area contributed by atoms with Gasteiger partial charge in [-0.25, -0.2) is 14.4 Å². The first kappa shape index (κ1) is 31.0. The number of aromatic nitrogens is 2. The Balaban J connectivity index is 1.28. The van der Waals surface area contributed by atoms with Crippen molar-refractivity contribution in [2.75, 3.05) is 57.1 Å². The maximum atomic E-state index is 14.9. The smallest absolute Gasteiger partial charge is 0.251 e. The van der Waals surface area contributed by atoms with E-state index in [0.29, 0.717) is 23.2 Å². The van der Waals surface area contributed by atoms with Crippen molar-refractivity contribution in [3.8, 4) is 29.0 Å². The third-order valence-corrected chi connectivity index (χ3v) is 8.04. The van der Waals surface area contributed by atoms with Crippen molar-refractivity contribution < 1.29 is 23.8 Å². The van der Waals surface area contributed by atoms with Crippen molar-refractivity contribution >= 4 is 23.1 Å². The van der Waals surface area contributed by atoms with Crippen molar-refractivity contribution in [1.82, 2.24) is 19.8 Å². The number of likely N-dealkylation sites (N-methyl/N-ethyl adjacent to an activating group) is 1. The topological polar surface area (TPSA) is 127 Å². The van der Waals surface area contributed by atoms with Crippen LogP contribution >= 0.6 is 0 Å². The second-order valence-electron chi connectivity index (χ2n) is 11.3. The van der Waals surface area contributed by atoms with Crippen LogP contribution in [0.15, 0.2) is 48.7 Å². The molecular weight excluding hydrogens is 565 g/mol. The number of ether oxygens (including phenoxy) is 2. The molecule has 1 amide bonds. The monoisotopic (exact) mass is 603 g/mol. The number of piperidine rings is 1. The van der Waals surface area contributed by atoms with E-state index in [0.717, 1.165) is 36.8 Å². The molecule has 2 aliphatic rings. The first-order valence-corrected chi connectivity index (χ1v) is 14.7. The number of hydrogen-bond acceptors (Lipinski definition) is 10. The van der Waals surface area contributed by atoms with Crippen LogP contribution in [0.2, 0.25) is 0 Å². The molecule has 3 heterocycles. The summed E-state index contributed by atoms with van der Waals surface area (Å²) in [4.78, 5) is 27.1. The van der Waals surface area contributed by atoms with Gasteiger partial charge in [-0.2, -0.15) is 5.26 Å². The Labute approximate surface area is 256 Å². The van der Waals surface area contributed by atoms with Gasteiger partial charge in [0.05, 0.1) is 24.9 Å². The second kappa shape index (κ2) is 13.4. The molecule has 4 atom stereocenters. The minimum atomic E-state index is -1.46. The van der Waals surface area contributed by atoms with Gasteiger partial charge in [0.1, 0.15) is 35.6 Å². The van der Waals surface area contributed by atoms with Gasteiger partial charge in [-0.1, -0.05) is 0 Å². The number of carbonyl (C=O) groups excluding carboxylic acids is 1. The Morgan fingerprint density at radius 2 is 1.98 bits per heavy atom. The summed E-state index contributed by atoms with van der Waals surface area (Å²) in [6.07, 6.45) is -1.59. The van der Waals surface area contributed by atoms with Crippen LogP contribution in [0.5, 0.6) is 11.5 Å². The highest BCUT2D eigenvalue weighted by molar-refractivity contribution is 5.80. The lowest BCUT2D eigenvalue weighted by Crippen LogP contribution is -2.51. The number of aliphatic hydroxyl groups is 1. The molecule has 44 heavy (non-hydrogen) atoms. The van der Waals surface area contributed by atoms with Crippen molar-refractivity contribution in [3.05, 3.63) is 54.2 Å². The molecule has 0 spiro atoms. The number of methoxy groups -OCH3 is 1. The molecule has 12 heteroatoms. The number of likely N-dealkylation sites (tertiary alicyclic amines) is 1. The van der Waals surface area contributed by atoms with Crippen molar-refractivity contribution in [2.45, 2.75) is 44.7 Å². The van der Waals surface area contributed by atoms with E-state index in [-0.39, 0.29) is 30.8 Å². The zero-order valence-corrected chi connectivity index (χ0v) is 25.4. The van der Waals surface area contributed by atoms with Gasteiger partial charge in [0, 0.05) is 62.2 Å². The van der Waals surface area contributed by atoms with Crippen LogP contribution in [-0.2, 0) is 4.79 Å². The van der Waals surface area contributed by atoms with Gasteiger partial charge in [0.25, 0.3) is 5.91 Å². The maximum absolute atomic E-state index is 14.9. The molecule has 0 unspecified atom stereocenters. The number of hydrogen-bond donors (Lipinski definition) is 2. The van der Waals surface area contributed by atoms with Crippen molar-refractivity contribution in [1.29, 1.82) is 5.26 Å². The lowest BCUT2D eigenvalue weighted by atomic mass is 10.0. The van der Waals surface area contributed by atoms with Gasteiger partial charge in [-0.05, 0) is 57.3 Å². The number of carbonyl (C=O) groups is 1. The zero-order chi connectivity index (χ0) is 31.4. The number of alkyl halides is 1. The number of nitrogens with zero attached hydrogens (tertiary/aromatic N) is 6. The highest BCUT2D eigenvalue weighted by Crippen LogP contribution is 2.35. The highest BCUT2D eigenvalue weighted by Gasteiger charge is 2.34. The Morgan fingerprint density at radius 1 is 1.16 bits per heavy atom. The lowest BCUT2D eigenvalue weighted by Gasteiger charge is -2.40. The number of halogens is 1. The number of nitriles is 1. The molecule has 1 aromatic heterocycles. The predicted molar refractivity (Wildman–Crippen MR) is 165 cm³/mol. The third kappa shape index (κ3) is 6.85. The normalized spacial score (nSPS) is 21.3. The summed E-state index contributed by atoms with van der Waals surface area (Å²) in [5.74, 6) is 1.47. The van der Waals surface area contributed by atoms with Crippen molar-refractivity contribution in [2.24, 2.45) is 0 Å². The van der Waals surface area contributed by atoms with Gasteiger partial charge in [-0.15, -0.1) is 0 Å². The number of rotatable bonds is 8. The summed E-state index contributed by atoms with van der Waals surface area (Å²) in [5, 5.41) is 22.7. The average Bonchev–Trinajstić information content (AvgIpc) is 3.02. The van der Waals surface area contributed by atoms with E-state index in [1.165, 1.54) is 11.8 Å². The SMILES string of the molecule is COc1cc(Nc2ccnc(-c3ccc(O[C@H]4CCN(C(=O)[C@H](C)O)C[C@H]4F)c(C#N)c3)n2)ccc1N1CCN(C)C[C@@H]1C. The quantitative estimate of drug-likeness (QED) is 0.394. The van der Waals surface area contributed by atoms with Crippen LogP contribution < -0.4 is 19.7 Å². The summed E-state index contributed by atoms with van der Waals surface area (Å²) in [7, 11) is 3.80. The van der Waals surface area contributed by atoms with Crippen LogP contribution in [0, 0.1) is 11.3 Å².